The van der Waals surface area contributed by atoms with Crippen molar-refractivity contribution in [3.63, 3.8) is 0 Å². The molecule has 1 aliphatic carbocycles. The zero-order valence-electron chi connectivity index (χ0n) is 11.6. The first-order chi connectivity index (χ1) is 8.78. The molecule has 1 aromatic carbocycles. The summed E-state index contributed by atoms with van der Waals surface area (Å²) in [6.45, 7) is 4.49. The zero-order chi connectivity index (χ0) is 12.5. The first-order valence-electron chi connectivity index (χ1n) is 7.55. The fraction of sp³-hybridized carbons (Fsp3) is 0.647. The molecule has 0 amide bonds. The van der Waals surface area contributed by atoms with Gasteiger partial charge in [-0.25, -0.2) is 0 Å². The largest absolute Gasteiger partial charge is 0.370 e. The number of hydrogen-bond acceptors (Lipinski definition) is 1. The molecular formula is C17H24O. The number of hydrogen-bond donors (Lipinski definition) is 0. The van der Waals surface area contributed by atoms with Crippen LogP contribution in [0.15, 0.2) is 18.2 Å². The second-order valence-corrected chi connectivity index (χ2v) is 5.96. The number of rotatable bonds is 4. The van der Waals surface area contributed by atoms with Gasteiger partial charge < -0.3 is 4.74 Å². The van der Waals surface area contributed by atoms with Crippen molar-refractivity contribution in [1.82, 2.24) is 0 Å². The molecular weight excluding hydrogens is 220 g/mol. The van der Waals surface area contributed by atoms with E-state index >= 15 is 0 Å². The Bertz CT molecular complexity index is 424. The summed E-state index contributed by atoms with van der Waals surface area (Å²) in [5, 5.41) is 0. The topological polar surface area (TPSA) is 12.5 Å². The molecule has 0 N–H and O–H groups in total. The minimum Gasteiger partial charge on any atom is -0.370 e. The Kier molecular flexibility index (Phi) is 3.43. The fourth-order valence-electron chi connectivity index (χ4n) is 3.30. The van der Waals surface area contributed by atoms with E-state index < -0.39 is 0 Å². The predicted molar refractivity (Wildman–Crippen MR) is 75.1 cm³/mol. The van der Waals surface area contributed by atoms with Gasteiger partial charge in [0.1, 0.15) is 0 Å². The van der Waals surface area contributed by atoms with E-state index in [0.29, 0.717) is 18.1 Å². The van der Waals surface area contributed by atoms with Crippen LogP contribution in [-0.4, -0.2) is 12.2 Å². The standard InChI is InChI=1S/C17H24O/c1-3-13(11-17-12(2)18-17)16-9-8-14-6-4-5-7-15(14)10-16/h8-10,12-13,17H,3-7,11H2,1-2H3. The number of epoxide rings is 1. The molecule has 1 saturated heterocycles. The summed E-state index contributed by atoms with van der Waals surface area (Å²) >= 11 is 0. The SMILES string of the molecule is CCC(CC1OC1C)c1ccc2c(c1)CCCC2. The van der Waals surface area contributed by atoms with Gasteiger partial charge >= 0.3 is 0 Å². The molecule has 0 spiro atoms. The van der Waals surface area contributed by atoms with Crippen LogP contribution in [0.4, 0.5) is 0 Å². The molecule has 3 unspecified atom stereocenters. The smallest absolute Gasteiger partial charge is 0.0844 e. The summed E-state index contributed by atoms with van der Waals surface area (Å²) in [6.07, 6.45) is 8.77. The normalized spacial score (nSPS) is 27.7. The number of benzene rings is 1. The van der Waals surface area contributed by atoms with Crippen LogP contribution in [0, 0.1) is 0 Å². The van der Waals surface area contributed by atoms with Crippen molar-refractivity contribution in [3.8, 4) is 0 Å². The van der Waals surface area contributed by atoms with Crippen molar-refractivity contribution < 1.29 is 4.74 Å². The summed E-state index contributed by atoms with van der Waals surface area (Å²) in [5.41, 5.74) is 4.75. The number of aryl methyl sites for hydroxylation is 2. The molecule has 1 fully saturated rings. The van der Waals surface area contributed by atoms with Crippen molar-refractivity contribution in [1.29, 1.82) is 0 Å². The van der Waals surface area contributed by atoms with Crippen LogP contribution in [0.1, 0.15) is 62.1 Å². The third kappa shape index (κ3) is 2.47. The van der Waals surface area contributed by atoms with Crippen molar-refractivity contribution >= 4 is 0 Å². The van der Waals surface area contributed by atoms with Crippen LogP contribution in [-0.2, 0) is 17.6 Å². The van der Waals surface area contributed by atoms with Gasteiger partial charge in [0.05, 0.1) is 12.2 Å². The van der Waals surface area contributed by atoms with Crippen molar-refractivity contribution in [3.05, 3.63) is 34.9 Å². The highest BCUT2D eigenvalue weighted by molar-refractivity contribution is 5.35. The minimum atomic E-state index is 0.497. The first-order valence-corrected chi connectivity index (χ1v) is 7.55. The van der Waals surface area contributed by atoms with Gasteiger partial charge in [-0.05, 0) is 68.1 Å². The maximum atomic E-state index is 5.58. The average molecular weight is 244 g/mol. The zero-order valence-corrected chi connectivity index (χ0v) is 11.6. The molecule has 3 rings (SSSR count). The summed E-state index contributed by atoms with van der Waals surface area (Å²) in [6, 6.07) is 7.23. The fourth-order valence-corrected chi connectivity index (χ4v) is 3.30. The quantitative estimate of drug-likeness (QED) is 0.722. The molecule has 2 aliphatic rings. The summed E-state index contributed by atoms with van der Waals surface area (Å²) in [7, 11) is 0. The molecule has 3 atom stereocenters. The number of ether oxygens (including phenoxy) is 1. The first kappa shape index (κ1) is 12.2. The Morgan fingerprint density at radius 1 is 1.22 bits per heavy atom. The average Bonchev–Trinajstić information content (AvgIpc) is 3.11. The van der Waals surface area contributed by atoms with Crippen LogP contribution < -0.4 is 0 Å². The van der Waals surface area contributed by atoms with Gasteiger partial charge in [-0.2, -0.15) is 0 Å². The lowest BCUT2D eigenvalue weighted by atomic mass is 9.85. The number of fused-ring (bicyclic) bond motifs is 1. The lowest BCUT2D eigenvalue weighted by Gasteiger charge is -2.20. The minimum absolute atomic E-state index is 0.497. The molecule has 0 bridgehead atoms. The summed E-state index contributed by atoms with van der Waals surface area (Å²) in [5.74, 6) is 0.687. The van der Waals surface area contributed by atoms with Crippen LogP contribution >= 0.6 is 0 Å². The van der Waals surface area contributed by atoms with Crippen molar-refractivity contribution in [2.75, 3.05) is 0 Å². The van der Waals surface area contributed by atoms with E-state index in [1.165, 1.54) is 38.5 Å². The highest BCUT2D eigenvalue weighted by Gasteiger charge is 2.36. The molecule has 1 aromatic rings. The van der Waals surface area contributed by atoms with E-state index in [4.69, 9.17) is 4.74 Å². The molecule has 1 nitrogen and oxygen atoms in total. The maximum absolute atomic E-state index is 5.58. The van der Waals surface area contributed by atoms with Gasteiger partial charge in [-0.1, -0.05) is 25.1 Å². The van der Waals surface area contributed by atoms with E-state index in [1.807, 2.05) is 0 Å². The Morgan fingerprint density at radius 2 is 1.94 bits per heavy atom. The van der Waals surface area contributed by atoms with Gasteiger partial charge in [-0.15, -0.1) is 0 Å². The second kappa shape index (κ2) is 5.05. The van der Waals surface area contributed by atoms with Crippen LogP contribution in [0.5, 0.6) is 0 Å². The molecule has 1 aliphatic heterocycles. The highest BCUT2D eigenvalue weighted by atomic mass is 16.6. The van der Waals surface area contributed by atoms with Crippen LogP contribution in [0.25, 0.3) is 0 Å². The van der Waals surface area contributed by atoms with E-state index in [-0.39, 0.29) is 0 Å². The van der Waals surface area contributed by atoms with Gasteiger partial charge in [-0.3, -0.25) is 0 Å². The van der Waals surface area contributed by atoms with Crippen molar-refractivity contribution in [2.24, 2.45) is 0 Å². The van der Waals surface area contributed by atoms with Gasteiger partial charge in [0.2, 0.25) is 0 Å². The molecule has 0 aromatic heterocycles. The van der Waals surface area contributed by atoms with E-state index in [0.717, 1.165) is 0 Å². The predicted octanol–water partition coefficient (Wildman–Crippen LogP) is 4.24. The lowest BCUT2D eigenvalue weighted by molar-refractivity contribution is 0.357. The lowest BCUT2D eigenvalue weighted by Crippen LogP contribution is -2.07. The molecule has 0 saturated carbocycles. The van der Waals surface area contributed by atoms with E-state index in [9.17, 15) is 0 Å². The van der Waals surface area contributed by atoms with E-state index in [1.54, 1.807) is 16.7 Å². The molecule has 18 heavy (non-hydrogen) atoms. The van der Waals surface area contributed by atoms with Crippen LogP contribution in [0.3, 0.4) is 0 Å². The molecule has 1 heteroatoms. The second-order valence-electron chi connectivity index (χ2n) is 5.96. The van der Waals surface area contributed by atoms with Gasteiger partial charge in [0.25, 0.3) is 0 Å². The summed E-state index contributed by atoms with van der Waals surface area (Å²) in [4.78, 5) is 0. The Balaban J connectivity index is 1.77. The maximum Gasteiger partial charge on any atom is 0.0844 e. The summed E-state index contributed by atoms with van der Waals surface area (Å²) < 4.78 is 5.58. The van der Waals surface area contributed by atoms with Crippen molar-refractivity contribution in [2.45, 2.75) is 70.5 Å². The van der Waals surface area contributed by atoms with Crippen LogP contribution in [0.2, 0.25) is 0 Å². The third-order valence-corrected chi connectivity index (χ3v) is 4.69. The Hall–Kier alpha value is -0.820. The Labute approximate surface area is 111 Å². The molecule has 0 radical (unpaired) electrons. The van der Waals surface area contributed by atoms with E-state index in [2.05, 4.69) is 32.0 Å². The van der Waals surface area contributed by atoms with Gasteiger partial charge in [0.15, 0.2) is 0 Å². The third-order valence-electron chi connectivity index (χ3n) is 4.69. The monoisotopic (exact) mass is 244 g/mol. The Morgan fingerprint density at radius 3 is 2.61 bits per heavy atom. The molecule has 1 heterocycles. The molecule has 98 valence electrons. The highest BCUT2D eigenvalue weighted by Crippen LogP contribution is 2.35. The van der Waals surface area contributed by atoms with Gasteiger partial charge in [0, 0.05) is 0 Å².